The topological polar surface area (TPSA) is 111 Å². The molecule has 1 unspecified atom stereocenters. The fourth-order valence-corrected chi connectivity index (χ4v) is 9.68. The number of nitro benzene ring substituents is 1. The van der Waals surface area contributed by atoms with Gasteiger partial charge in [-0.05, 0) is 100 Å². The monoisotopic (exact) mass is 711 g/mol. The standard InChI is InChI=1S/C42H57N5O5/c1-27-36-23-32(42(36,2)3)24-38(27)45(6)41(49)37-17-12-18-46(37)25-29-15-11-16-35(39(29)52-7)30-20-31(22-34(21-30)47(50)51)40(48)43-33(26-44(4)5)19-28-13-9-8-10-14-28/h8-11,13-16,20-22,27,32-33,36-38,41,49H,12,17-19,23-26H2,1-7H3,(H,43,48)/t27-,32+,33-,36-,37+,38-,41?/m0/s1. The van der Waals surface area contributed by atoms with Crippen molar-refractivity contribution in [1.82, 2.24) is 20.0 Å². The summed E-state index contributed by atoms with van der Waals surface area (Å²) >= 11 is 0. The molecule has 2 bridgehead atoms. The molecule has 10 heteroatoms. The highest BCUT2D eigenvalue weighted by Crippen LogP contribution is 2.62. The molecule has 2 N–H and O–H groups in total. The van der Waals surface area contributed by atoms with E-state index < -0.39 is 11.2 Å². The summed E-state index contributed by atoms with van der Waals surface area (Å²) in [6, 6.07) is 20.5. The van der Waals surface area contributed by atoms with E-state index in [1.807, 2.05) is 67.5 Å². The lowest BCUT2D eigenvalue weighted by atomic mass is 9.44. The van der Waals surface area contributed by atoms with Gasteiger partial charge >= 0.3 is 0 Å². The molecule has 3 saturated carbocycles. The summed E-state index contributed by atoms with van der Waals surface area (Å²) in [5.41, 5.74) is 3.70. The van der Waals surface area contributed by atoms with Gasteiger partial charge in [0.2, 0.25) is 0 Å². The number of carbonyl (C=O) groups excluding carboxylic acids is 1. The lowest BCUT2D eigenvalue weighted by Gasteiger charge is -2.63. The van der Waals surface area contributed by atoms with Crippen LogP contribution in [0, 0.1) is 33.3 Å². The number of amides is 1. The molecule has 280 valence electrons. The van der Waals surface area contributed by atoms with E-state index in [0.29, 0.717) is 65.6 Å². The number of hydrogen-bond acceptors (Lipinski definition) is 8. The summed E-state index contributed by atoms with van der Waals surface area (Å²) < 4.78 is 6.03. The van der Waals surface area contributed by atoms with E-state index in [0.717, 1.165) is 36.9 Å². The van der Waals surface area contributed by atoms with Crippen LogP contribution >= 0.6 is 0 Å². The summed E-state index contributed by atoms with van der Waals surface area (Å²) in [6.45, 7) is 9.23. The van der Waals surface area contributed by atoms with Crippen LogP contribution in [0.4, 0.5) is 5.69 Å². The summed E-state index contributed by atoms with van der Waals surface area (Å²) in [5.74, 6) is 2.20. The SMILES string of the molecule is COc1c(CN2CCC[C@@H]2C(O)N(C)[C@H]2C[C@H]3C[C@@H]([C@@H]2C)C3(C)C)cccc1-c1cc(C(=O)N[C@@H](Cc2ccccc2)CN(C)C)cc([N+](=O)[O-])c1. The average Bonchev–Trinajstić information content (AvgIpc) is 3.58. The molecule has 0 aromatic heterocycles. The fourth-order valence-electron chi connectivity index (χ4n) is 9.68. The van der Waals surface area contributed by atoms with E-state index in [1.165, 1.54) is 18.6 Å². The number of non-ortho nitro benzene ring substituents is 1. The number of likely N-dealkylation sites (tertiary alicyclic amines) is 1. The Labute approximate surface area is 309 Å². The second-order valence-electron chi connectivity index (χ2n) is 16.4. The van der Waals surface area contributed by atoms with Crippen molar-refractivity contribution in [3.05, 3.63) is 93.5 Å². The fraction of sp³-hybridized carbons (Fsp3) is 0.548. The second kappa shape index (κ2) is 15.6. The Morgan fingerprint density at radius 2 is 1.85 bits per heavy atom. The number of likely N-dealkylation sites (N-methyl/N-ethyl adjacent to an activating group) is 2. The van der Waals surface area contributed by atoms with Crippen molar-refractivity contribution in [3.8, 4) is 16.9 Å². The van der Waals surface area contributed by atoms with Crippen molar-refractivity contribution in [2.24, 2.45) is 23.2 Å². The molecule has 7 rings (SSSR count). The van der Waals surface area contributed by atoms with E-state index in [-0.39, 0.29) is 29.2 Å². The van der Waals surface area contributed by atoms with Crippen LogP contribution in [-0.2, 0) is 13.0 Å². The number of rotatable bonds is 14. The Bertz CT molecular complexity index is 1730. The highest BCUT2D eigenvalue weighted by Gasteiger charge is 2.57. The minimum Gasteiger partial charge on any atom is -0.496 e. The van der Waals surface area contributed by atoms with Gasteiger partial charge in [0.05, 0.1) is 12.0 Å². The zero-order valence-corrected chi connectivity index (χ0v) is 31.9. The molecule has 3 aliphatic carbocycles. The van der Waals surface area contributed by atoms with E-state index in [2.05, 4.69) is 42.9 Å². The summed E-state index contributed by atoms with van der Waals surface area (Å²) in [5, 5.41) is 27.1. The van der Waals surface area contributed by atoms with Crippen LogP contribution < -0.4 is 10.1 Å². The number of aliphatic hydroxyl groups excluding tert-OH is 1. The van der Waals surface area contributed by atoms with Gasteiger partial charge in [0.15, 0.2) is 0 Å². The summed E-state index contributed by atoms with van der Waals surface area (Å²) in [6.07, 6.45) is 4.40. The average molecular weight is 712 g/mol. The third kappa shape index (κ3) is 7.76. The van der Waals surface area contributed by atoms with Gasteiger partial charge in [-0.2, -0.15) is 0 Å². The number of hydrogen-bond donors (Lipinski definition) is 2. The minimum atomic E-state index is -0.583. The number of ether oxygens (including phenoxy) is 1. The van der Waals surface area contributed by atoms with E-state index >= 15 is 0 Å². The molecule has 4 fully saturated rings. The first kappa shape index (κ1) is 37.9. The predicted octanol–water partition coefficient (Wildman–Crippen LogP) is 6.46. The minimum absolute atomic E-state index is 0.0177. The number of carbonyl (C=O) groups is 1. The molecule has 7 atom stereocenters. The maximum absolute atomic E-state index is 13.8. The molecule has 0 spiro atoms. The van der Waals surface area contributed by atoms with Gasteiger partial charge in [-0.3, -0.25) is 24.7 Å². The molecule has 0 radical (unpaired) electrons. The number of nitrogens with zero attached hydrogens (tertiary/aromatic N) is 4. The number of fused-ring (bicyclic) bond motifs is 2. The van der Waals surface area contributed by atoms with E-state index in [4.69, 9.17) is 4.74 Å². The number of benzene rings is 3. The number of nitro groups is 1. The third-order valence-corrected chi connectivity index (χ3v) is 12.6. The largest absolute Gasteiger partial charge is 0.496 e. The molecular weight excluding hydrogens is 654 g/mol. The van der Waals surface area contributed by atoms with Gasteiger partial charge in [0, 0.05) is 60.0 Å². The Kier molecular flexibility index (Phi) is 11.4. The lowest BCUT2D eigenvalue weighted by molar-refractivity contribution is -0.384. The highest BCUT2D eigenvalue weighted by atomic mass is 16.6. The Morgan fingerprint density at radius 3 is 2.50 bits per heavy atom. The van der Waals surface area contributed by atoms with Crippen molar-refractivity contribution >= 4 is 11.6 Å². The van der Waals surface area contributed by atoms with Crippen molar-refractivity contribution in [2.75, 3.05) is 41.3 Å². The van der Waals surface area contributed by atoms with Gasteiger partial charge in [-0.15, -0.1) is 0 Å². The first-order valence-corrected chi connectivity index (χ1v) is 18.9. The molecule has 1 heterocycles. The summed E-state index contributed by atoms with van der Waals surface area (Å²) in [7, 11) is 7.63. The van der Waals surface area contributed by atoms with Crippen LogP contribution in [0.15, 0.2) is 66.7 Å². The first-order valence-electron chi connectivity index (χ1n) is 18.9. The molecule has 1 aliphatic heterocycles. The van der Waals surface area contributed by atoms with Crippen LogP contribution in [-0.4, -0.2) is 96.3 Å². The van der Waals surface area contributed by atoms with Crippen molar-refractivity contribution in [2.45, 2.75) is 83.8 Å². The van der Waals surface area contributed by atoms with Crippen molar-refractivity contribution in [1.29, 1.82) is 0 Å². The number of nitrogens with one attached hydrogen (secondary N) is 1. The zero-order valence-electron chi connectivity index (χ0n) is 31.9. The predicted molar refractivity (Wildman–Crippen MR) is 205 cm³/mol. The smallest absolute Gasteiger partial charge is 0.270 e. The molecule has 4 aliphatic rings. The number of para-hydroxylation sites is 1. The first-order chi connectivity index (χ1) is 24.8. The van der Waals surface area contributed by atoms with Gasteiger partial charge < -0.3 is 20.1 Å². The molecule has 1 amide bonds. The Hall–Kier alpha value is -3.83. The third-order valence-electron chi connectivity index (χ3n) is 12.6. The van der Waals surface area contributed by atoms with Crippen LogP contribution in [0.2, 0.25) is 0 Å². The molecule has 1 saturated heterocycles. The Balaban J connectivity index is 1.23. The second-order valence-corrected chi connectivity index (χ2v) is 16.4. The maximum Gasteiger partial charge on any atom is 0.270 e. The maximum atomic E-state index is 13.8. The highest BCUT2D eigenvalue weighted by molar-refractivity contribution is 5.97. The van der Waals surface area contributed by atoms with E-state index in [1.54, 1.807) is 13.2 Å². The molecule has 3 aromatic carbocycles. The van der Waals surface area contributed by atoms with Crippen LogP contribution in [0.3, 0.4) is 0 Å². The Morgan fingerprint density at radius 1 is 1.10 bits per heavy atom. The zero-order chi connectivity index (χ0) is 37.3. The van der Waals surface area contributed by atoms with Gasteiger partial charge in [0.1, 0.15) is 12.0 Å². The van der Waals surface area contributed by atoms with Gasteiger partial charge in [-0.1, -0.05) is 69.3 Å². The van der Waals surface area contributed by atoms with Crippen molar-refractivity contribution in [3.63, 3.8) is 0 Å². The van der Waals surface area contributed by atoms with Crippen LogP contribution in [0.25, 0.3) is 11.1 Å². The van der Waals surface area contributed by atoms with Gasteiger partial charge in [0.25, 0.3) is 11.6 Å². The molecule has 10 nitrogen and oxygen atoms in total. The number of aliphatic hydroxyl groups is 1. The lowest BCUT2D eigenvalue weighted by Crippen LogP contribution is -2.63. The molecular formula is C42H57N5O5. The van der Waals surface area contributed by atoms with E-state index in [9.17, 15) is 20.0 Å². The van der Waals surface area contributed by atoms with Crippen LogP contribution in [0.1, 0.15) is 67.9 Å². The number of methoxy groups -OCH3 is 1. The molecule has 52 heavy (non-hydrogen) atoms. The normalized spacial score (nSPS) is 25.1. The molecule has 3 aromatic rings. The summed E-state index contributed by atoms with van der Waals surface area (Å²) in [4.78, 5) is 32.1. The quantitative estimate of drug-likeness (QED) is 0.111. The van der Waals surface area contributed by atoms with Crippen molar-refractivity contribution < 1.29 is 19.6 Å². The van der Waals surface area contributed by atoms with Gasteiger partial charge in [-0.25, -0.2) is 0 Å². The van der Waals surface area contributed by atoms with Crippen LogP contribution in [0.5, 0.6) is 5.75 Å².